The SMILES string of the molecule is CC/C=C\CCCCOC(CCC(=O)OCc1cc(COC(=O)CCCCCCCOC(=O)C(CCCC)CCCCCC)cc(COC(=O)CCC(CCCCCC)OC(=O)NCCN2CCCC2)c1)OCCCC/C=C\CC.[HH]. The van der Waals surface area contributed by atoms with Crippen LogP contribution in [-0.4, -0.2) is 93.3 Å². The van der Waals surface area contributed by atoms with Crippen molar-refractivity contribution in [3.63, 3.8) is 0 Å². The highest BCUT2D eigenvalue weighted by Gasteiger charge is 2.21. The van der Waals surface area contributed by atoms with Crippen LogP contribution in [0, 0.1) is 5.92 Å². The number of ether oxygens (including phenoxy) is 7. The topological polar surface area (TPSA) is 165 Å². The van der Waals surface area contributed by atoms with E-state index >= 15 is 0 Å². The van der Waals surface area contributed by atoms with Crippen LogP contribution in [0.15, 0.2) is 42.5 Å². The number of carbonyl (C=O) groups excluding carboxylic acids is 5. The normalized spacial score (nSPS) is 13.5. The van der Waals surface area contributed by atoms with Crippen molar-refractivity contribution in [3.8, 4) is 0 Å². The molecule has 2 unspecified atom stereocenters. The Hall–Kier alpha value is -4.27. The number of alkyl carbamates (subject to hydrolysis) is 1. The third-order valence-electron chi connectivity index (χ3n) is 14.5. The molecule has 1 aromatic rings. The van der Waals surface area contributed by atoms with Gasteiger partial charge in [-0.3, -0.25) is 19.2 Å². The third-order valence-corrected chi connectivity index (χ3v) is 14.5. The predicted molar refractivity (Wildman–Crippen MR) is 322 cm³/mol. The van der Waals surface area contributed by atoms with Gasteiger partial charge in [0, 0.05) is 47.0 Å². The number of benzene rings is 1. The average Bonchev–Trinajstić information content (AvgIpc) is 3.99. The maximum Gasteiger partial charge on any atom is 0.407 e. The number of unbranched alkanes of at least 4 members (excludes halogenated alkanes) is 15. The first kappa shape index (κ1) is 71.8. The minimum atomic E-state index is -0.515. The Bertz CT molecular complexity index is 1780. The molecule has 2 rings (SSSR count). The lowest BCUT2D eigenvalue weighted by Crippen LogP contribution is -2.35. The number of allylic oxidation sites excluding steroid dienone is 4. The zero-order chi connectivity index (χ0) is 57.9. The van der Waals surface area contributed by atoms with Gasteiger partial charge in [-0.05, 0) is 157 Å². The average molecular weight is 1130 g/mol. The fraction of sp³-hybridized carbons (Fsp3) is 0.773. The van der Waals surface area contributed by atoms with E-state index in [1.54, 1.807) is 0 Å². The molecular weight excluding hydrogens is 1010 g/mol. The van der Waals surface area contributed by atoms with Gasteiger partial charge < -0.3 is 43.4 Å². The van der Waals surface area contributed by atoms with E-state index in [-0.39, 0.29) is 58.4 Å². The Morgan fingerprint density at radius 3 is 1.56 bits per heavy atom. The molecule has 1 saturated heterocycles. The van der Waals surface area contributed by atoms with E-state index < -0.39 is 30.4 Å². The number of nitrogens with one attached hydrogen (secondary N) is 1. The van der Waals surface area contributed by atoms with Gasteiger partial charge in [0.2, 0.25) is 0 Å². The Morgan fingerprint density at radius 2 is 1.00 bits per heavy atom. The van der Waals surface area contributed by atoms with Gasteiger partial charge in [0.25, 0.3) is 0 Å². The van der Waals surface area contributed by atoms with Crippen molar-refractivity contribution in [2.24, 2.45) is 5.92 Å². The molecule has 1 amide bonds. The van der Waals surface area contributed by atoms with Crippen molar-refractivity contribution in [1.82, 2.24) is 10.2 Å². The fourth-order valence-corrected chi connectivity index (χ4v) is 9.67. The second-order valence-electron chi connectivity index (χ2n) is 21.9. The van der Waals surface area contributed by atoms with Crippen LogP contribution in [0.3, 0.4) is 0 Å². The molecule has 1 aliphatic rings. The summed E-state index contributed by atoms with van der Waals surface area (Å²) in [4.78, 5) is 67.5. The van der Waals surface area contributed by atoms with Crippen LogP contribution < -0.4 is 5.32 Å². The molecule has 1 N–H and O–H groups in total. The molecule has 460 valence electrons. The summed E-state index contributed by atoms with van der Waals surface area (Å²) in [5.74, 6) is -1.17. The number of esters is 4. The van der Waals surface area contributed by atoms with Crippen LogP contribution in [-0.2, 0) is 72.2 Å². The summed E-state index contributed by atoms with van der Waals surface area (Å²) in [6.45, 7) is 15.6. The largest absolute Gasteiger partial charge is 0.465 e. The molecule has 80 heavy (non-hydrogen) atoms. The maximum absolute atomic E-state index is 13.3. The minimum Gasteiger partial charge on any atom is -0.465 e. The summed E-state index contributed by atoms with van der Waals surface area (Å²) < 4.78 is 41.1. The lowest BCUT2D eigenvalue weighted by Gasteiger charge is -2.19. The lowest BCUT2D eigenvalue weighted by atomic mass is 9.95. The molecule has 14 nitrogen and oxygen atoms in total. The molecule has 0 spiro atoms. The number of amides is 1. The van der Waals surface area contributed by atoms with Gasteiger partial charge in [-0.15, -0.1) is 0 Å². The Labute approximate surface area is 486 Å². The summed E-state index contributed by atoms with van der Waals surface area (Å²) in [6.07, 6.45) is 36.4. The van der Waals surface area contributed by atoms with Crippen molar-refractivity contribution in [3.05, 3.63) is 59.2 Å². The molecule has 0 radical (unpaired) electrons. The molecule has 0 aromatic heterocycles. The molecular formula is C66H114N2O12. The summed E-state index contributed by atoms with van der Waals surface area (Å²) in [7, 11) is 0. The van der Waals surface area contributed by atoms with Crippen molar-refractivity contribution < 1.29 is 58.6 Å². The maximum atomic E-state index is 13.3. The van der Waals surface area contributed by atoms with Gasteiger partial charge in [0.15, 0.2) is 6.29 Å². The fourth-order valence-electron chi connectivity index (χ4n) is 9.67. The number of likely N-dealkylation sites (tertiary alicyclic amines) is 1. The van der Waals surface area contributed by atoms with Gasteiger partial charge in [-0.1, -0.05) is 136 Å². The second kappa shape index (κ2) is 50.5. The van der Waals surface area contributed by atoms with E-state index in [9.17, 15) is 24.0 Å². The molecule has 2 atom stereocenters. The predicted octanol–water partition coefficient (Wildman–Crippen LogP) is 16.1. The van der Waals surface area contributed by atoms with Gasteiger partial charge in [-0.2, -0.15) is 0 Å². The zero-order valence-corrected chi connectivity index (χ0v) is 51.0. The van der Waals surface area contributed by atoms with Crippen molar-refractivity contribution in [2.75, 3.05) is 46.0 Å². The molecule has 1 aromatic carbocycles. The van der Waals surface area contributed by atoms with Crippen molar-refractivity contribution in [1.29, 1.82) is 0 Å². The van der Waals surface area contributed by atoms with E-state index in [1.165, 1.54) is 25.7 Å². The highest BCUT2D eigenvalue weighted by molar-refractivity contribution is 5.72. The third kappa shape index (κ3) is 40.0. The second-order valence-corrected chi connectivity index (χ2v) is 21.9. The van der Waals surface area contributed by atoms with Crippen molar-refractivity contribution in [2.45, 2.75) is 279 Å². The first-order chi connectivity index (χ1) is 39.1. The first-order valence-corrected chi connectivity index (χ1v) is 32.1. The van der Waals surface area contributed by atoms with Gasteiger partial charge in [0.1, 0.15) is 25.9 Å². The van der Waals surface area contributed by atoms with Crippen LogP contribution in [0.4, 0.5) is 4.79 Å². The highest BCUT2D eigenvalue weighted by Crippen LogP contribution is 2.21. The number of hydrogen-bond donors (Lipinski definition) is 1. The molecule has 14 heteroatoms. The minimum absolute atomic E-state index is 0. The lowest BCUT2D eigenvalue weighted by molar-refractivity contribution is -0.160. The van der Waals surface area contributed by atoms with E-state index in [2.05, 4.69) is 69.1 Å². The standard InChI is InChI=1S/C66H112N2O12.H2/c1-6-11-16-20-24-32-47-74-64(75-48-33-25-21-17-12-7-2)42-41-63(71)79-55-58-51-56(53-77-61(69)38-29-23-22-26-34-49-76-65(72)59(35-15-10-5)36-27-18-13-8-3)50-57(52-58)54-78-62(70)40-39-60(37-28-19-14-9-4)80-66(73)67-43-46-68-44-30-31-45-68;/h11-12,16-17,50-52,59-60,64H,6-10,13-15,18-49,53-55H2,1-5H3,(H,67,73);1H/b16-11-,17-12-;. The number of nitrogens with zero attached hydrogens (tertiary/aromatic N) is 1. The molecule has 1 heterocycles. The highest BCUT2D eigenvalue weighted by atomic mass is 16.7. The monoisotopic (exact) mass is 1130 g/mol. The summed E-state index contributed by atoms with van der Waals surface area (Å²) >= 11 is 0. The Balaban J connectivity index is 0.0000328. The molecule has 0 bridgehead atoms. The first-order valence-electron chi connectivity index (χ1n) is 32.1. The molecule has 0 aliphatic carbocycles. The van der Waals surface area contributed by atoms with Gasteiger partial charge in [0.05, 0.1) is 18.9 Å². The summed E-state index contributed by atoms with van der Waals surface area (Å²) in [5.41, 5.74) is 2.01. The quantitative estimate of drug-likeness (QED) is 0.0216. The zero-order valence-electron chi connectivity index (χ0n) is 51.0. The van der Waals surface area contributed by atoms with Crippen LogP contribution >= 0.6 is 0 Å². The van der Waals surface area contributed by atoms with Crippen molar-refractivity contribution >= 4 is 30.0 Å². The van der Waals surface area contributed by atoms with E-state index in [0.29, 0.717) is 68.7 Å². The molecule has 0 saturated carbocycles. The Kier molecular flexibility index (Phi) is 45.3. The number of hydrogen-bond acceptors (Lipinski definition) is 13. The van der Waals surface area contributed by atoms with Crippen LogP contribution in [0.25, 0.3) is 0 Å². The molecule has 1 fully saturated rings. The van der Waals surface area contributed by atoms with Crippen LogP contribution in [0.1, 0.15) is 265 Å². The smallest absolute Gasteiger partial charge is 0.407 e. The summed E-state index contributed by atoms with van der Waals surface area (Å²) in [5, 5.41) is 2.89. The van der Waals surface area contributed by atoms with Crippen LogP contribution in [0.5, 0.6) is 0 Å². The van der Waals surface area contributed by atoms with E-state index in [4.69, 9.17) is 33.2 Å². The number of rotatable bonds is 52. The van der Waals surface area contributed by atoms with Gasteiger partial charge in [-0.25, -0.2) is 4.79 Å². The Morgan fingerprint density at radius 1 is 0.512 bits per heavy atom. The van der Waals surface area contributed by atoms with E-state index in [0.717, 1.165) is 161 Å². The molecule has 1 aliphatic heterocycles. The summed E-state index contributed by atoms with van der Waals surface area (Å²) in [6, 6.07) is 5.51. The number of carbonyl (C=O) groups is 5. The van der Waals surface area contributed by atoms with Crippen LogP contribution in [0.2, 0.25) is 0 Å². The van der Waals surface area contributed by atoms with E-state index in [1.807, 2.05) is 18.2 Å². The van der Waals surface area contributed by atoms with Gasteiger partial charge >= 0.3 is 30.0 Å².